The molecule has 0 bridgehead atoms. The lowest BCUT2D eigenvalue weighted by atomic mass is 9.83. The monoisotopic (exact) mass is 335 g/mol. The summed E-state index contributed by atoms with van der Waals surface area (Å²) in [5.74, 6) is 1.90. The molecule has 0 spiro atoms. The van der Waals surface area contributed by atoms with Gasteiger partial charge in [-0.1, -0.05) is 20.8 Å². The van der Waals surface area contributed by atoms with Crippen LogP contribution in [0, 0.1) is 5.92 Å². The lowest BCUT2D eigenvalue weighted by molar-refractivity contribution is -0.139. The number of aromatic nitrogens is 1. The molecule has 3 atom stereocenters. The summed E-state index contributed by atoms with van der Waals surface area (Å²) in [5, 5.41) is 0. The van der Waals surface area contributed by atoms with Crippen LogP contribution >= 0.6 is 0 Å². The second kappa shape index (κ2) is 6.48. The fraction of sp³-hybridized carbons (Fsp3) is 0.778. The first-order valence-corrected chi connectivity index (χ1v) is 8.86. The maximum Gasteiger partial charge on any atom is 0.226 e. The van der Waals surface area contributed by atoms with E-state index in [0.29, 0.717) is 19.5 Å². The molecule has 1 fully saturated rings. The molecular formula is C18H29N3O3. The van der Waals surface area contributed by atoms with Crippen LogP contribution in [-0.4, -0.2) is 41.6 Å². The molecule has 6 nitrogen and oxygen atoms in total. The van der Waals surface area contributed by atoms with Crippen LogP contribution < -0.4 is 5.73 Å². The Morgan fingerprint density at radius 3 is 2.79 bits per heavy atom. The van der Waals surface area contributed by atoms with Gasteiger partial charge in [-0.15, -0.1) is 0 Å². The Balaban J connectivity index is 1.69. The maximum atomic E-state index is 12.9. The van der Waals surface area contributed by atoms with E-state index in [1.54, 1.807) is 7.11 Å². The molecule has 1 amide bonds. The van der Waals surface area contributed by atoms with Gasteiger partial charge in [0, 0.05) is 37.5 Å². The van der Waals surface area contributed by atoms with Crippen molar-refractivity contribution < 1.29 is 13.9 Å². The Kier molecular flexibility index (Phi) is 4.71. The first-order chi connectivity index (χ1) is 11.3. The Morgan fingerprint density at radius 2 is 2.12 bits per heavy atom. The van der Waals surface area contributed by atoms with E-state index in [2.05, 4.69) is 25.8 Å². The van der Waals surface area contributed by atoms with Crippen LogP contribution in [0.5, 0.6) is 0 Å². The third kappa shape index (κ3) is 3.35. The van der Waals surface area contributed by atoms with Gasteiger partial charge in [-0.2, -0.15) is 0 Å². The first-order valence-electron chi connectivity index (χ1n) is 8.86. The fourth-order valence-corrected chi connectivity index (χ4v) is 3.61. The average Bonchev–Trinajstić information content (AvgIpc) is 2.98. The van der Waals surface area contributed by atoms with Gasteiger partial charge < -0.3 is 19.8 Å². The topological polar surface area (TPSA) is 81.6 Å². The molecule has 0 radical (unpaired) electrons. The van der Waals surface area contributed by atoms with Crippen LogP contribution in [0.25, 0.3) is 0 Å². The van der Waals surface area contributed by atoms with Gasteiger partial charge in [-0.3, -0.25) is 4.79 Å². The van der Waals surface area contributed by atoms with E-state index in [4.69, 9.17) is 14.9 Å². The van der Waals surface area contributed by atoms with Gasteiger partial charge in [-0.05, 0) is 19.3 Å². The molecule has 1 aromatic heterocycles. The molecule has 1 aliphatic heterocycles. The SMILES string of the molecule is CO[C@H]1C[C@@H](C(=O)N2CCc3oc(C(C)(C)C)nc3C2)CC[C@@H]1N. The van der Waals surface area contributed by atoms with E-state index >= 15 is 0 Å². The smallest absolute Gasteiger partial charge is 0.226 e. The van der Waals surface area contributed by atoms with E-state index < -0.39 is 0 Å². The van der Waals surface area contributed by atoms with Crippen molar-refractivity contribution in [1.82, 2.24) is 9.88 Å². The Bertz CT molecular complexity index is 605. The highest BCUT2D eigenvalue weighted by Gasteiger charge is 2.36. The van der Waals surface area contributed by atoms with Gasteiger partial charge in [0.1, 0.15) is 11.5 Å². The number of ether oxygens (including phenoxy) is 1. The van der Waals surface area contributed by atoms with E-state index in [1.165, 1.54) is 0 Å². The lowest BCUT2D eigenvalue weighted by Crippen LogP contribution is -2.47. The highest BCUT2D eigenvalue weighted by molar-refractivity contribution is 5.79. The number of methoxy groups -OCH3 is 1. The van der Waals surface area contributed by atoms with Crippen LogP contribution in [0.4, 0.5) is 0 Å². The predicted octanol–water partition coefficient (Wildman–Crippen LogP) is 2.00. The van der Waals surface area contributed by atoms with Gasteiger partial charge in [0.25, 0.3) is 0 Å². The summed E-state index contributed by atoms with van der Waals surface area (Å²) < 4.78 is 11.4. The highest BCUT2D eigenvalue weighted by Crippen LogP contribution is 2.31. The maximum absolute atomic E-state index is 12.9. The largest absolute Gasteiger partial charge is 0.445 e. The van der Waals surface area contributed by atoms with E-state index in [9.17, 15) is 4.79 Å². The number of rotatable bonds is 2. The third-order valence-corrected chi connectivity index (χ3v) is 5.18. The molecule has 2 N–H and O–H groups in total. The molecule has 1 saturated carbocycles. The number of nitrogens with zero attached hydrogens (tertiary/aromatic N) is 2. The summed E-state index contributed by atoms with van der Waals surface area (Å²) in [4.78, 5) is 19.5. The second-order valence-corrected chi connectivity index (χ2v) is 8.10. The summed E-state index contributed by atoms with van der Waals surface area (Å²) in [7, 11) is 1.67. The van der Waals surface area contributed by atoms with E-state index in [1.807, 2.05) is 4.90 Å². The number of hydrogen-bond donors (Lipinski definition) is 1. The zero-order valence-corrected chi connectivity index (χ0v) is 15.2. The zero-order valence-electron chi connectivity index (χ0n) is 15.2. The van der Waals surface area contributed by atoms with Crippen molar-refractivity contribution in [3.05, 3.63) is 17.3 Å². The Morgan fingerprint density at radius 1 is 1.38 bits per heavy atom. The molecule has 1 aromatic rings. The van der Waals surface area contributed by atoms with Crippen molar-refractivity contribution in [2.75, 3.05) is 13.7 Å². The van der Waals surface area contributed by atoms with Crippen LogP contribution in [0.1, 0.15) is 57.4 Å². The summed E-state index contributed by atoms with van der Waals surface area (Å²) in [6, 6.07) is 0.0388. The molecule has 0 aromatic carbocycles. The first kappa shape index (κ1) is 17.4. The molecule has 134 valence electrons. The van der Waals surface area contributed by atoms with Crippen LogP contribution in [0.2, 0.25) is 0 Å². The van der Waals surface area contributed by atoms with Gasteiger partial charge in [0.05, 0.1) is 12.6 Å². The number of amides is 1. The van der Waals surface area contributed by atoms with Crippen molar-refractivity contribution >= 4 is 5.91 Å². The molecule has 6 heteroatoms. The summed E-state index contributed by atoms with van der Waals surface area (Å²) in [5.41, 5.74) is 6.86. The van der Waals surface area contributed by atoms with E-state index in [-0.39, 0.29) is 29.4 Å². The van der Waals surface area contributed by atoms with Crippen molar-refractivity contribution in [3.63, 3.8) is 0 Å². The van der Waals surface area contributed by atoms with Crippen LogP contribution in [0.3, 0.4) is 0 Å². The molecule has 2 aliphatic rings. The molecule has 2 heterocycles. The lowest BCUT2D eigenvalue weighted by Gasteiger charge is -2.36. The normalized spacial score (nSPS) is 27.9. The molecule has 3 rings (SSSR count). The minimum atomic E-state index is -0.114. The molecule has 0 unspecified atom stereocenters. The minimum absolute atomic E-state index is 0.00490. The number of nitrogens with two attached hydrogens (primary N) is 1. The number of hydrogen-bond acceptors (Lipinski definition) is 5. The molecular weight excluding hydrogens is 306 g/mol. The van der Waals surface area contributed by atoms with Crippen molar-refractivity contribution in [2.24, 2.45) is 11.7 Å². The van der Waals surface area contributed by atoms with Crippen molar-refractivity contribution in [3.8, 4) is 0 Å². The third-order valence-electron chi connectivity index (χ3n) is 5.18. The highest BCUT2D eigenvalue weighted by atomic mass is 16.5. The number of oxazole rings is 1. The number of carbonyl (C=O) groups excluding carboxylic acids is 1. The average molecular weight is 335 g/mol. The Hall–Kier alpha value is -1.40. The van der Waals surface area contributed by atoms with E-state index in [0.717, 1.165) is 36.6 Å². The van der Waals surface area contributed by atoms with Crippen molar-refractivity contribution in [1.29, 1.82) is 0 Å². The fourth-order valence-electron chi connectivity index (χ4n) is 3.61. The molecule has 24 heavy (non-hydrogen) atoms. The number of carbonyl (C=O) groups is 1. The number of fused-ring (bicyclic) bond motifs is 1. The standard InChI is InChI=1S/C18H29N3O3/c1-18(2,3)17-20-13-10-21(8-7-14(13)24-17)16(22)11-5-6-12(19)15(9-11)23-4/h11-12,15H,5-10,19H2,1-4H3/t11-,12-,15-/m0/s1. The summed E-state index contributed by atoms with van der Waals surface area (Å²) >= 11 is 0. The van der Waals surface area contributed by atoms with Gasteiger partial charge in [0.2, 0.25) is 5.91 Å². The van der Waals surface area contributed by atoms with Gasteiger partial charge in [-0.25, -0.2) is 4.98 Å². The van der Waals surface area contributed by atoms with Crippen LogP contribution in [-0.2, 0) is 27.9 Å². The van der Waals surface area contributed by atoms with Crippen LogP contribution in [0.15, 0.2) is 4.42 Å². The quantitative estimate of drug-likeness (QED) is 0.894. The van der Waals surface area contributed by atoms with Gasteiger partial charge in [0.15, 0.2) is 5.89 Å². The van der Waals surface area contributed by atoms with Crippen molar-refractivity contribution in [2.45, 2.75) is 70.6 Å². The second-order valence-electron chi connectivity index (χ2n) is 8.10. The predicted molar refractivity (Wildman–Crippen MR) is 90.4 cm³/mol. The summed E-state index contributed by atoms with van der Waals surface area (Å²) in [6.07, 6.45) is 3.12. The minimum Gasteiger partial charge on any atom is -0.445 e. The Labute approximate surface area is 143 Å². The zero-order chi connectivity index (χ0) is 17.5. The van der Waals surface area contributed by atoms with Gasteiger partial charge >= 0.3 is 0 Å². The summed E-state index contributed by atoms with van der Waals surface area (Å²) in [6.45, 7) is 7.51. The molecule has 0 saturated heterocycles. The molecule has 1 aliphatic carbocycles.